The van der Waals surface area contributed by atoms with Crippen LogP contribution in [0.4, 0.5) is 0 Å². The Morgan fingerprint density at radius 2 is 2.11 bits per heavy atom. The summed E-state index contributed by atoms with van der Waals surface area (Å²) in [7, 11) is 3.44. The van der Waals surface area contributed by atoms with Crippen molar-refractivity contribution in [3.8, 4) is 0 Å². The molecule has 0 saturated heterocycles. The predicted octanol–water partition coefficient (Wildman–Crippen LogP) is 1.56. The summed E-state index contributed by atoms with van der Waals surface area (Å²) in [5.74, 6) is -0.383. The Bertz CT molecular complexity index is 680. The van der Waals surface area contributed by atoms with Crippen LogP contribution in [-0.4, -0.2) is 23.9 Å². The van der Waals surface area contributed by atoms with Crippen LogP contribution in [0.25, 0.3) is 11.1 Å². The molecular formula is C14H18N2O3. The van der Waals surface area contributed by atoms with Gasteiger partial charge in [-0.3, -0.25) is 9.36 Å². The number of aryl methyl sites for hydroxylation is 1. The third-order valence-electron chi connectivity index (χ3n) is 3.29. The summed E-state index contributed by atoms with van der Waals surface area (Å²) in [6.07, 6.45) is 0. The zero-order chi connectivity index (χ0) is 14.2. The zero-order valence-electron chi connectivity index (χ0n) is 11.6. The van der Waals surface area contributed by atoms with E-state index in [0.717, 1.165) is 0 Å². The Kier molecular flexibility index (Phi) is 3.32. The fraction of sp³-hybridized carbons (Fsp3) is 0.429. The maximum Gasteiger partial charge on any atom is 0.419 e. The van der Waals surface area contributed by atoms with Gasteiger partial charge in [0.05, 0.1) is 5.52 Å². The highest BCUT2D eigenvalue weighted by atomic mass is 16.4. The fourth-order valence-electron chi connectivity index (χ4n) is 2.18. The Balaban J connectivity index is 2.49. The number of nitrogens with zero attached hydrogens (tertiary/aromatic N) is 1. The fourth-order valence-corrected chi connectivity index (χ4v) is 2.18. The number of ketones is 1. The van der Waals surface area contributed by atoms with E-state index in [4.69, 9.17) is 4.42 Å². The normalized spacial score (nSPS) is 12.0. The van der Waals surface area contributed by atoms with E-state index in [1.807, 2.05) is 20.9 Å². The van der Waals surface area contributed by atoms with E-state index in [-0.39, 0.29) is 5.78 Å². The summed E-state index contributed by atoms with van der Waals surface area (Å²) in [5.41, 5.74) is 1.22. The Labute approximate surface area is 111 Å². The van der Waals surface area contributed by atoms with Crippen molar-refractivity contribution in [3.63, 3.8) is 0 Å². The minimum Gasteiger partial charge on any atom is -0.408 e. The molecule has 5 heteroatoms. The van der Waals surface area contributed by atoms with Gasteiger partial charge in [-0.15, -0.1) is 0 Å². The molecule has 0 aliphatic rings. The maximum atomic E-state index is 12.5. The molecule has 2 aromatic rings. The Hall–Kier alpha value is -1.88. The molecule has 2 rings (SSSR count). The van der Waals surface area contributed by atoms with Crippen molar-refractivity contribution in [2.45, 2.75) is 13.8 Å². The van der Waals surface area contributed by atoms with Crippen molar-refractivity contribution in [2.24, 2.45) is 12.5 Å². The first kappa shape index (κ1) is 13.5. The molecule has 1 N–H and O–H groups in total. The SMILES string of the molecule is CNCC(C)(C)C(=O)c1ccc2oc(=O)n(C)c2c1. The van der Waals surface area contributed by atoms with Gasteiger partial charge >= 0.3 is 5.76 Å². The van der Waals surface area contributed by atoms with E-state index in [1.54, 1.807) is 25.2 Å². The minimum atomic E-state index is -0.495. The lowest BCUT2D eigenvalue weighted by atomic mass is 9.84. The summed E-state index contributed by atoms with van der Waals surface area (Å²) < 4.78 is 6.45. The van der Waals surface area contributed by atoms with Crippen LogP contribution in [0.5, 0.6) is 0 Å². The lowest BCUT2D eigenvalue weighted by molar-refractivity contribution is 0.0839. The van der Waals surface area contributed by atoms with Gasteiger partial charge in [0.15, 0.2) is 11.4 Å². The van der Waals surface area contributed by atoms with Crippen LogP contribution >= 0.6 is 0 Å². The zero-order valence-corrected chi connectivity index (χ0v) is 11.6. The Morgan fingerprint density at radius 3 is 2.74 bits per heavy atom. The van der Waals surface area contributed by atoms with Gasteiger partial charge in [0, 0.05) is 24.6 Å². The number of carbonyl (C=O) groups excluding carboxylic acids is 1. The molecule has 0 aliphatic carbocycles. The van der Waals surface area contributed by atoms with Crippen LogP contribution in [-0.2, 0) is 7.05 Å². The Morgan fingerprint density at radius 1 is 1.42 bits per heavy atom. The van der Waals surface area contributed by atoms with E-state index in [2.05, 4.69) is 5.32 Å². The highest BCUT2D eigenvalue weighted by Gasteiger charge is 2.28. The lowest BCUT2D eigenvalue weighted by Crippen LogP contribution is -2.34. The number of benzene rings is 1. The van der Waals surface area contributed by atoms with Gasteiger partial charge in [-0.2, -0.15) is 0 Å². The summed E-state index contributed by atoms with van der Waals surface area (Å²) >= 11 is 0. The number of carbonyl (C=O) groups is 1. The van der Waals surface area contributed by atoms with Crippen molar-refractivity contribution >= 4 is 16.9 Å². The van der Waals surface area contributed by atoms with E-state index in [1.165, 1.54) is 4.57 Å². The van der Waals surface area contributed by atoms with Crippen molar-refractivity contribution < 1.29 is 9.21 Å². The highest BCUT2D eigenvalue weighted by molar-refractivity contribution is 6.02. The third kappa shape index (κ3) is 2.33. The van der Waals surface area contributed by atoms with Crippen LogP contribution in [0.1, 0.15) is 24.2 Å². The van der Waals surface area contributed by atoms with Crippen molar-refractivity contribution in [1.82, 2.24) is 9.88 Å². The second-order valence-electron chi connectivity index (χ2n) is 5.35. The van der Waals surface area contributed by atoms with E-state index in [0.29, 0.717) is 23.2 Å². The number of hydrogen-bond donors (Lipinski definition) is 1. The minimum absolute atomic E-state index is 0.0393. The van der Waals surface area contributed by atoms with Gasteiger partial charge in [0.1, 0.15) is 0 Å². The monoisotopic (exact) mass is 262 g/mol. The van der Waals surface area contributed by atoms with Gasteiger partial charge in [-0.1, -0.05) is 13.8 Å². The molecule has 0 atom stereocenters. The molecule has 0 unspecified atom stereocenters. The standard InChI is InChI=1S/C14H18N2O3/c1-14(2,8-15-3)12(17)9-5-6-11-10(7-9)16(4)13(18)19-11/h5-7,15H,8H2,1-4H3. The largest absolute Gasteiger partial charge is 0.419 e. The molecule has 102 valence electrons. The molecule has 0 amide bonds. The quantitative estimate of drug-likeness (QED) is 0.849. The smallest absolute Gasteiger partial charge is 0.408 e. The molecule has 0 saturated carbocycles. The molecule has 0 spiro atoms. The van der Waals surface area contributed by atoms with Gasteiger partial charge in [-0.25, -0.2) is 4.79 Å². The van der Waals surface area contributed by atoms with Crippen LogP contribution in [0.3, 0.4) is 0 Å². The first-order valence-electron chi connectivity index (χ1n) is 6.16. The molecule has 0 fully saturated rings. The van der Waals surface area contributed by atoms with Crippen molar-refractivity contribution in [3.05, 3.63) is 34.3 Å². The lowest BCUT2D eigenvalue weighted by Gasteiger charge is -2.22. The molecule has 1 aromatic carbocycles. The van der Waals surface area contributed by atoms with Crippen LogP contribution < -0.4 is 11.1 Å². The molecule has 19 heavy (non-hydrogen) atoms. The predicted molar refractivity (Wildman–Crippen MR) is 73.5 cm³/mol. The number of hydrogen-bond acceptors (Lipinski definition) is 4. The average molecular weight is 262 g/mol. The molecule has 1 heterocycles. The second-order valence-corrected chi connectivity index (χ2v) is 5.35. The number of rotatable bonds is 4. The van der Waals surface area contributed by atoms with Crippen LogP contribution in [0.2, 0.25) is 0 Å². The van der Waals surface area contributed by atoms with Gasteiger partial charge in [-0.05, 0) is 25.2 Å². The molecule has 5 nitrogen and oxygen atoms in total. The number of Topliss-reactive ketones (excluding diaryl/α,β-unsaturated/α-hetero) is 1. The van der Waals surface area contributed by atoms with Crippen LogP contribution in [0.15, 0.2) is 27.4 Å². The summed E-state index contributed by atoms with van der Waals surface area (Å²) in [4.78, 5) is 23.9. The number of fused-ring (bicyclic) bond motifs is 1. The average Bonchev–Trinajstić information content (AvgIpc) is 2.64. The van der Waals surface area contributed by atoms with Gasteiger partial charge < -0.3 is 9.73 Å². The van der Waals surface area contributed by atoms with Crippen molar-refractivity contribution in [2.75, 3.05) is 13.6 Å². The second kappa shape index (κ2) is 4.66. The van der Waals surface area contributed by atoms with Crippen LogP contribution in [0, 0.1) is 5.41 Å². The number of oxazole rings is 1. The summed E-state index contributed by atoms with van der Waals surface area (Å²) in [6.45, 7) is 4.38. The first-order chi connectivity index (χ1) is 8.86. The highest BCUT2D eigenvalue weighted by Crippen LogP contribution is 2.23. The molecule has 1 aromatic heterocycles. The van der Waals surface area contributed by atoms with E-state index in [9.17, 15) is 9.59 Å². The molecule has 0 aliphatic heterocycles. The summed E-state index contributed by atoms with van der Waals surface area (Å²) in [5, 5.41) is 3.02. The van der Waals surface area contributed by atoms with Gasteiger partial charge in [0.25, 0.3) is 0 Å². The molecule has 0 radical (unpaired) electrons. The molecular weight excluding hydrogens is 244 g/mol. The topological polar surface area (TPSA) is 64.2 Å². The maximum absolute atomic E-state index is 12.5. The first-order valence-corrected chi connectivity index (χ1v) is 6.16. The van der Waals surface area contributed by atoms with Gasteiger partial charge in [0.2, 0.25) is 0 Å². The van der Waals surface area contributed by atoms with E-state index >= 15 is 0 Å². The summed E-state index contributed by atoms with van der Waals surface area (Å²) in [6, 6.07) is 5.07. The van der Waals surface area contributed by atoms with Crippen molar-refractivity contribution in [1.29, 1.82) is 0 Å². The number of nitrogens with one attached hydrogen (secondary N) is 1. The molecule has 0 bridgehead atoms. The number of aromatic nitrogens is 1. The third-order valence-corrected chi connectivity index (χ3v) is 3.29. The van der Waals surface area contributed by atoms with E-state index < -0.39 is 11.2 Å².